The maximum Gasteiger partial charge on any atom is 0.311 e. The van der Waals surface area contributed by atoms with Crippen LogP contribution < -0.4 is 0 Å². The van der Waals surface area contributed by atoms with Crippen molar-refractivity contribution in [2.75, 3.05) is 0 Å². The fourth-order valence-electron chi connectivity index (χ4n) is 2.07. The van der Waals surface area contributed by atoms with Crippen molar-refractivity contribution < 1.29 is 14.4 Å². The van der Waals surface area contributed by atoms with Crippen LogP contribution in [0, 0.1) is 0 Å². The average Bonchev–Trinajstić information content (AvgIpc) is 3.06. The first kappa shape index (κ1) is 13.2. The molecule has 0 aromatic carbocycles. The minimum Gasteiger partial charge on any atom is -0.481 e. The van der Waals surface area contributed by atoms with Gasteiger partial charge < -0.3 is 9.63 Å². The van der Waals surface area contributed by atoms with Gasteiger partial charge in [-0.15, -0.1) is 10.2 Å². The summed E-state index contributed by atoms with van der Waals surface area (Å²) in [5, 5.41) is 20.8. The second-order valence-electron chi connectivity index (χ2n) is 4.56. The van der Waals surface area contributed by atoms with Crippen LogP contribution in [0.4, 0.5) is 0 Å². The van der Waals surface area contributed by atoms with Crippen molar-refractivity contribution >= 4 is 11.6 Å². The molecule has 8 heteroatoms. The van der Waals surface area contributed by atoms with Gasteiger partial charge in [0.25, 0.3) is 0 Å². The zero-order valence-corrected chi connectivity index (χ0v) is 11.4. The number of hydrogen-bond donors (Lipinski definition) is 1. The zero-order chi connectivity index (χ0) is 14.8. The normalized spacial score (nSPS) is 11.1. The number of aryl methyl sites for hydroxylation is 1. The van der Waals surface area contributed by atoms with E-state index in [0.29, 0.717) is 35.2 Å². The third kappa shape index (κ3) is 2.47. The summed E-state index contributed by atoms with van der Waals surface area (Å²) in [5.41, 5.74) is 1.17. The average molecular weight is 287 g/mol. The van der Waals surface area contributed by atoms with Crippen LogP contribution in [0.2, 0.25) is 0 Å². The number of aliphatic carboxylic acids is 1. The number of hydrogen-bond acceptors (Lipinski definition) is 6. The molecule has 0 unspecified atom stereocenters. The van der Waals surface area contributed by atoms with Crippen LogP contribution in [-0.4, -0.2) is 35.8 Å². The summed E-state index contributed by atoms with van der Waals surface area (Å²) >= 11 is 0. The molecule has 3 heterocycles. The number of aromatic nitrogens is 5. The molecule has 0 aliphatic rings. The fraction of sp³-hybridized carbons (Fsp3) is 0.308. The molecule has 0 radical (unpaired) electrons. The minimum atomic E-state index is -0.959. The Kier molecular flexibility index (Phi) is 3.35. The van der Waals surface area contributed by atoms with Gasteiger partial charge in [-0.05, 0) is 18.6 Å². The van der Waals surface area contributed by atoms with Crippen LogP contribution in [0.25, 0.3) is 17.0 Å². The van der Waals surface area contributed by atoms with Crippen molar-refractivity contribution in [3.63, 3.8) is 0 Å². The Morgan fingerprint density at radius 1 is 1.43 bits per heavy atom. The lowest BCUT2D eigenvalue weighted by Gasteiger charge is -1.99. The molecule has 0 fully saturated rings. The van der Waals surface area contributed by atoms with Gasteiger partial charge in [0, 0.05) is 12.6 Å². The summed E-state index contributed by atoms with van der Waals surface area (Å²) < 4.78 is 6.79. The van der Waals surface area contributed by atoms with E-state index in [1.807, 2.05) is 6.92 Å². The van der Waals surface area contributed by atoms with Gasteiger partial charge in [0.1, 0.15) is 12.2 Å². The SMILES string of the molecule is CCCc1nc(-c2cccn3c(CC(=O)O)nnc23)no1. The van der Waals surface area contributed by atoms with Crippen LogP contribution in [-0.2, 0) is 17.6 Å². The van der Waals surface area contributed by atoms with Gasteiger partial charge in [-0.2, -0.15) is 4.98 Å². The fourth-order valence-corrected chi connectivity index (χ4v) is 2.07. The highest BCUT2D eigenvalue weighted by Crippen LogP contribution is 2.21. The number of carboxylic acid groups (broad SMARTS) is 1. The highest BCUT2D eigenvalue weighted by atomic mass is 16.5. The van der Waals surface area contributed by atoms with Crippen LogP contribution in [0.15, 0.2) is 22.9 Å². The monoisotopic (exact) mass is 287 g/mol. The topological polar surface area (TPSA) is 106 Å². The summed E-state index contributed by atoms with van der Waals surface area (Å²) in [6.07, 6.45) is 3.15. The Bertz CT molecular complexity index is 792. The molecular weight excluding hydrogens is 274 g/mol. The molecule has 0 atom stereocenters. The molecule has 0 amide bonds. The Labute approximate surface area is 119 Å². The number of carbonyl (C=O) groups is 1. The zero-order valence-electron chi connectivity index (χ0n) is 11.4. The Morgan fingerprint density at radius 3 is 3.05 bits per heavy atom. The van der Waals surface area contributed by atoms with Crippen molar-refractivity contribution in [3.05, 3.63) is 30.0 Å². The second-order valence-corrected chi connectivity index (χ2v) is 4.56. The van der Waals surface area contributed by atoms with E-state index in [9.17, 15) is 4.79 Å². The second kappa shape index (κ2) is 5.31. The predicted octanol–water partition coefficient (Wildman–Crippen LogP) is 1.36. The molecule has 0 bridgehead atoms. The Morgan fingerprint density at radius 2 is 2.29 bits per heavy atom. The molecule has 3 aromatic rings. The molecular formula is C13H13N5O3. The molecule has 1 N–H and O–H groups in total. The van der Waals surface area contributed by atoms with E-state index in [-0.39, 0.29) is 6.42 Å². The third-order valence-corrected chi connectivity index (χ3v) is 2.99. The quantitative estimate of drug-likeness (QED) is 0.755. The molecule has 0 aliphatic carbocycles. The van der Waals surface area contributed by atoms with Gasteiger partial charge in [0.15, 0.2) is 5.65 Å². The van der Waals surface area contributed by atoms with Crippen molar-refractivity contribution in [2.24, 2.45) is 0 Å². The molecule has 8 nitrogen and oxygen atoms in total. The van der Waals surface area contributed by atoms with Gasteiger partial charge in [-0.25, -0.2) is 0 Å². The molecule has 0 aliphatic heterocycles. The number of carboxylic acids is 1. The first-order valence-electron chi connectivity index (χ1n) is 6.56. The van der Waals surface area contributed by atoms with Gasteiger partial charge in [-0.3, -0.25) is 9.20 Å². The van der Waals surface area contributed by atoms with E-state index in [4.69, 9.17) is 9.63 Å². The standard InChI is InChI=1S/C13H13N5O3/c1-2-4-10-14-12(17-21-10)8-5-3-6-18-9(7-11(19)20)15-16-13(8)18/h3,5-6H,2,4,7H2,1H3,(H,19,20). The number of fused-ring (bicyclic) bond motifs is 1. The highest BCUT2D eigenvalue weighted by molar-refractivity contribution is 5.73. The van der Waals surface area contributed by atoms with Gasteiger partial charge in [0.2, 0.25) is 11.7 Å². The van der Waals surface area contributed by atoms with Crippen LogP contribution in [0.5, 0.6) is 0 Å². The lowest BCUT2D eigenvalue weighted by molar-refractivity contribution is -0.136. The molecule has 21 heavy (non-hydrogen) atoms. The van der Waals surface area contributed by atoms with E-state index >= 15 is 0 Å². The Hall–Kier alpha value is -2.77. The largest absolute Gasteiger partial charge is 0.481 e. The van der Waals surface area contributed by atoms with Gasteiger partial charge in [0.05, 0.1) is 5.56 Å². The van der Waals surface area contributed by atoms with Gasteiger partial charge in [-0.1, -0.05) is 12.1 Å². The summed E-state index contributed by atoms with van der Waals surface area (Å²) in [7, 11) is 0. The van der Waals surface area contributed by atoms with Crippen LogP contribution in [0.3, 0.4) is 0 Å². The number of rotatable bonds is 5. The first-order chi connectivity index (χ1) is 10.2. The van der Waals surface area contributed by atoms with Gasteiger partial charge >= 0.3 is 5.97 Å². The van der Waals surface area contributed by atoms with E-state index in [2.05, 4.69) is 20.3 Å². The lowest BCUT2D eigenvalue weighted by Crippen LogP contribution is -2.04. The number of nitrogens with zero attached hydrogens (tertiary/aromatic N) is 5. The molecule has 0 saturated carbocycles. The summed E-state index contributed by atoms with van der Waals surface area (Å²) in [6.45, 7) is 2.03. The maximum absolute atomic E-state index is 10.8. The van der Waals surface area contributed by atoms with Crippen LogP contribution in [0.1, 0.15) is 25.1 Å². The third-order valence-electron chi connectivity index (χ3n) is 2.99. The van der Waals surface area contributed by atoms with E-state index in [1.54, 1.807) is 22.7 Å². The van der Waals surface area contributed by atoms with E-state index < -0.39 is 5.97 Å². The predicted molar refractivity (Wildman–Crippen MR) is 71.6 cm³/mol. The van der Waals surface area contributed by atoms with Crippen LogP contribution >= 0.6 is 0 Å². The van der Waals surface area contributed by atoms with E-state index in [1.165, 1.54) is 0 Å². The maximum atomic E-state index is 10.8. The summed E-state index contributed by atoms with van der Waals surface area (Å²) in [6, 6.07) is 3.57. The molecule has 0 spiro atoms. The van der Waals surface area contributed by atoms with Crippen molar-refractivity contribution in [2.45, 2.75) is 26.2 Å². The van der Waals surface area contributed by atoms with Crippen molar-refractivity contribution in [1.29, 1.82) is 0 Å². The first-order valence-corrected chi connectivity index (χ1v) is 6.56. The molecule has 108 valence electrons. The molecule has 3 aromatic heterocycles. The Balaban J connectivity index is 2.06. The minimum absolute atomic E-state index is 0.196. The number of pyridine rings is 1. The van der Waals surface area contributed by atoms with Crippen molar-refractivity contribution in [3.8, 4) is 11.4 Å². The summed E-state index contributed by atoms with van der Waals surface area (Å²) in [4.78, 5) is 15.1. The molecule has 0 saturated heterocycles. The summed E-state index contributed by atoms with van der Waals surface area (Å²) in [5.74, 6) is 0.397. The molecule has 3 rings (SSSR count). The van der Waals surface area contributed by atoms with Crippen molar-refractivity contribution in [1.82, 2.24) is 24.7 Å². The van der Waals surface area contributed by atoms with E-state index in [0.717, 1.165) is 6.42 Å². The lowest BCUT2D eigenvalue weighted by atomic mass is 10.2. The smallest absolute Gasteiger partial charge is 0.311 e. The highest BCUT2D eigenvalue weighted by Gasteiger charge is 2.16.